The van der Waals surface area contributed by atoms with Gasteiger partial charge in [0.15, 0.2) is 0 Å². The van der Waals surface area contributed by atoms with Gasteiger partial charge in [0.1, 0.15) is 4.90 Å². The Balaban J connectivity index is 1.91. The minimum atomic E-state index is -3.75. The molecule has 0 bridgehead atoms. The minimum absolute atomic E-state index is 0.0313. The highest BCUT2D eigenvalue weighted by molar-refractivity contribution is 7.89. The number of fused-ring (bicyclic) bond motifs is 1. The molecule has 1 N–H and O–H groups in total. The van der Waals surface area contributed by atoms with E-state index in [1.807, 2.05) is 6.92 Å². The van der Waals surface area contributed by atoms with Gasteiger partial charge in [0.2, 0.25) is 10.0 Å². The summed E-state index contributed by atoms with van der Waals surface area (Å²) in [7, 11) is -3.75. The SMILES string of the molecule is CCNCC1CCN(S(=O)(=O)c2ccc([N+](=O)[O-])c3cccnc23)CC1. The van der Waals surface area contributed by atoms with Gasteiger partial charge < -0.3 is 5.32 Å². The number of pyridine rings is 1. The summed E-state index contributed by atoms with van der Waals surface area (Å²) in [6, 6.07) is 5.64. The van der Waals surface area contributed by atoms with Crippen LogP contribution in [-0.2, 0) is 10.0 Å². The summed E-state index contributed by atoms with van der Waals surface area (Å²) in [5, 5.41) is 14.8. The molecule has 0 atom stereocenters. The van der Waals surface area contributed by atoms with Crippen LogP contribution in [0.4, 0.5) is 5.69 Å². The Labute approximate surface area is 152 Å². The molecular formula is C17H22N4O4S. The predicted octanol–water partition coefficient (Wildman–Crippen LogP) is 2.15. The average molecular weight is 378 g/mol. The van der Waals surface area contributed by atoms with Crippen LogP contribution >= 0.6 is 0 Å². The predicted molar refractivity (Wildman–Crippen MR) is 98.4 cm³/mol. The maximum Gasteiger partial charge on any atom is 0.278 e. The molecule has 2 aromatic rings. The first kappa shape index (κ1) is 18.7. The molecule has 1 fully saturated rings. The number of nitrogens with one attached hydrogen (secondary N) is 1. The van der Waals surface area contributed by atoms with Crippen LogP contribution in [0.1, 0.15) is 19.8 Å². The molecule has 0 radical (unpaired) electrons. The van der Waals surface area contributed by atoms with Crippen molar-refractivity contribution in [3.63, 3.8) is 0 Å². The van der Waals surface area contributed by atoms with Crippen LogP contribution in [-0.4, -0.2) is 48.8 Å². The second-order valence-corrected chi connectivity index (χ2v) is 8.30. The first-order chi connectivity index (χ1) is 12.4. The molecule has 0 unspecified atom stereocenters. The lowest BCUT2D eigenvalue weighted by molar-refractivity contribution is -0.383. The highest BCUT2D eigenvalue weighted by Gasteiger charge is 2.32. The molecule has 0 saturated carbocycles. The monoisotopic (exact) mass is 378 g/mol. The van der Waals surface area contributed by atoms with Gasteiger partial charge in [-0.1, -0.05) is 6.92 Å². The molecule has 0 spiro atoms. The van der Waals surface area contributed by atoms with Gasteiger partial charge in [0.25, 0.3) is 5.69 Å². The van der Waals surface area contributed by atoms with E-state index in [0.717, 1.165) is 25.9 Å². The molecule has 1 aliphatic rings. The van der Waals surface area contributed by atoms with E-state index in [-0.39, 0.29) is 21.5 Å². The molecule has 1 aliphatic heterocycles. The lowest BCUT2D eigenvalue weighted by atomic mass is 9.98. The van der Waals surface area contributed by atoms with Crippen LogP contribution < -0.4 is 5.32 Å². The molecule has 9 heteroatoms. The summed E-state index contributed by atoms with van der Waals surface area (Å²) in [5.41, 5.74) is 0.00729. The summed E-state index contributed by atoms with van der Waals surface area (Å²) in [5.74, 6) is 0.466. The van der Waals surface area contributed by atoms with Crippen molar-refractivity contribution in [1.29, 1.82) is 0 Å². The quantitative estimate of drug-likeness (QED) is 0.610. The Bertz CT molecular complexity index is 908. The van der Waals surface area contributed by atoms with E-state index < -0.39 is 14.9 Å². The lowest BCUT2D eigenvalue weighted by Crippen LogP contribution is -2.40. The minimum Gasteiger partial charge on any atom is -0.317 e. The first-order valence-corrected chi connectivity index (χ1v) is 10.1. The second-order valence-electron chi connectivity index (χ2n) is 6.39. The van der Waals surface area contributed by atoms with Crippen molar-refractivity contribution in [3.8, 4) is 0 Å². The molecular weight excluding hydrogens is 356 g/mol. The topological polar surface area (TPSA) is 105 Å². The van der Waals surface area contributed by atoms with E-state index >= 15 is 0 Å². The molecule has 1 aromatic carbocycles. The Morgan fingerprint density at radius 3 is 2.69 bits per heavy atom. The lowest BCUT2D eigenvalue weighted by Gasteiger charge is -2.31. The van der Waals surface area contributed by atoms with Crippen molar-refractivity contribution in [1.82, 2.24) is 14.6 Å². The Kier molecular flexibility index (Phi) is 5.49. The van der Waals surface area contributed by atoms with Crippen LogP contribution in [0, 0.1) is 16.0 Å². The van der Waals surface area contributed by atoms with Gasteiger partial charge in [-0.25, -0.2) is 8.42 Å². The summed E-state index contributed by atoms with van der Waals surface area (Å²) in [6.07, 6.45) is 3.04. The smallest absolute Gasteiger partial charge is 0.278 e. The molecule has 1 saturated heterocycles. The van der Waals surface area contributed by atoms with E-state index in [9.17, 15) is 18.5 Å². The Morgan fingerprint density at radius 1 is 1.31 bits per heavy atom. The van der Waals surface area contributed by atoms with Gasteiger partial charge in [0.05, 0.1) is 15.8 Å². The molecule has 0 amide bonds. The number of benzene rings is 1. The van der Waals surface area contributed by atoms with Crippen molar-refractivity contribution in [2.24, 2.45) is 5.92 Å². The van der Waals surface area contributed by atoms with E-state index in [4.69, 9.17) is 0 Å². The molecule has 1 aromatic heterocycles. The largest absolute Gasteiger partial charge is 0.317 e. The number of non-ortho nitro benzene ring substituents is 1. The normalized spacial score (nSPS) is 16.8. The fraction of sp³-hybridized carbons (Fsp3) is 0.471. The van der Waals surface area contributed by atoms with Gasteiger partial charge in [-0.05, 0) is 50.0 Å². The summed E-state index contributed by atoms with van der Waals surface area (Å²) in [4.78, 5) is 14.8. The third-order valence-electron chi connectivity index (χ3n) is 4.78. The van der Waals surface area contributed by atoms with Crippen molar-refractivity contribution < 1.29 is 13.3 Å². The number of nitro groups is 1. The number of nitro benzene ring substituents is 1. The molecule has 26 heavy (non-hydrogen) atoms. The number of aromatic nitrogens is 1. The van der Waals surface area contributed by atoms with Crippen molar-refractivity contribution in [3.05, 3.63) is 40.6 Å². The third kappa shape index (κ3) is 3.55. The molecule has 3 rings (SSSR count). The van der Waals surface area contributed by atoms with E-state index in [1.54, 1.807) is 6.07 Å². The zero-order valence-electron chi connectivity index (χ0n) is 14.6. The van der Waals surface area contributed by atoms with Crippen LogP contribution in [0.25, 0.3) is 10.9 Å². The standard InChI is InChI=1S/C17H22N4O4S/c1-2-18-12-13-7-10-20(11-8-13)26(24,25)16-6-5-15(21(22)23)14-4-3-9-19-17(14)16/h3-6,9,13,18H,2,7-8,10-12H2,1H3. The number of nitrogens with zero attached hydrogens (tertiary/aromatic N) is 3. The van der Waals surface area contributed by atoms with Crippen LogP contribution in [0.15, 0.2) is 35.4 Å². The number of hydrogen-bond acceptors (Lipinski definition) is 6. The van der Waals surface area contributed by atoms with Gasteiger partial charge in [-0.3, -0.25) is 15.1 Å². The summed E-state index contributed by atoms with van der Waals surface area (Å²) >= 11 is 0. The molecule has 8 nitrogen and oxygen atoms in total. The molecule has 0 aliphatic carbocycles. The average Bonchev–Trinajstić information content (AvgIpc) is 2.65. The van der Waals surface area contributed by atoms with E-state index in [0.29, 0.717) is 19.0 Å². The maximum absolute atomic E-state index is 13.1. The number of rotatable bonds is 6. The van der Waals surface area contributed by atoms with E-state index in [2.05, 4.69) is 10.3 Å². The van der Waals surface area contributed by atoms with Crippen molar-refractivity contribution >= 4 is 26.6 Å². The van der Waals surface area contributed by atoms with Gasteiger partial charge in [0, 0.05) is 25.4 Å². The highest BCUT2D eigenvalue weighted by Crippen LogP contribution is 2.32. The summed E-state index contributed by atoms with van der Waals surface area (Å²) < 4.78 is 27.7. The van der Waals surface area contributed by atoms with Crippen molar-refractivity contribution in [2.75, 3.05) is 26.2 Å². The van der Waals surface area contributed by atoms with Gasteiger partial charge >= 0.3 is 0 Å². The zero-order valence-corrected chi connectivity index (χ0v) is 15.4. The number of sulfonamides is 1. The number of piperidine rings is 1. The van der Waals surface area contributed by atoms with E-state index in [1.165, 1.54) is 28.7 Å². The van der Waals surface area contributed by atoms with Gasteiger partial charge in [-0.15, -0.1) is 0 Å². The van der Waals surface area contributed by atoms with Gasteiger partial charge in [-0.2, -0.15) is 4.31 Å². The molecule has 140 valence electrons. The maximum atomic E-state index is 13.1. The summed E-state index contributed by atoms with van der Waals surface area (Å²) in [6.45, 7) is 4.74. The fourth-order valence-electron chi connectivity index (χ4n) is 3.34. The zero-order chi connectivity index (χ0) is 18.7. The Hall–Kier alpha value is -2.10. The van der Waals surface area contributed by atoms with Crippen molar-refractivity contribution in [2.45, 2.75) is 24.7 Å². The van der Waals surface area contributed by atoms with Crippen LogP contribution in [0.3, 0.4) is 0 Å². The highest BCUT2D eigenvalue weighted by atomic mass is 32.2. The third-order valence-corrected chi connectivity index (χ3v) is 6.71. The van der Waals surface area contributed by atoms with Crippen LogP contribution in [0.5, 0.6) is 0 Å². The van der Waals surface area contributed by atoms with Crippen LogP contribution in [0.2, 0.25) is 0 Å². The second kappa shape index (κ2) is 7.65. The number of hydrogen-bond donors (Lipinski definition) is 1. The fourth-order valence-corrected chi connectivity index (χ4v) is 4.96. The first-order valence-electron chi connectivity index (χ1n) is 8.68. The molecule has 2 heterocycles. The Morgan fingerprint density at radius 2 is 2.04 bits per heavy atom.